The van der Waals surface area contributed by atoms with E-state index in [4.69, 9.17) is 0 Å². The third kappa shape index (κ3) is 4.59. The van der Waals surface area contributed by atoms with Crippen LogP contribution in [-0.2, 0) is 0 Å². The summed E-state index contributed by atoms with van der Waals surface area (Å²) in [6.07, 6.45) is 0.932. The van der Waals surface area contributed by atoms with Gasteiger partial charge in [0.15, 0.2) is 0 Å². The van der Waals surface area contributed by atoms with Gasteiger partial charge in [0.05, 0.1) is 0 Å². The van der Waals surface area contributed by atoms with Crippen LogP contribution in [0.25, 0.3) is 0 Å². The number of hydrogen-bond donors (Lipinski definition) is 2. The van der Waals surface area contributed by atoms with Gasteiger partial charge in [-0.2, -0.15) is 0 Å². The topological polar surface area (TPSA) is 61.4 Å². The third-order valence-corrected chi connectivity index (χ3v) is 4.22. The SMILES string of the molecule is CN(C(=O)c1cccc(C(=O)NC2CCNC2)c1)c1ccccc1.Cl. The Labute approximate surface area is 153 Å². The third-order valence-electron chi connectivity index (χ3n) is 4.22. The van der Waals surface area contributed by atoms with Crippen LogP contribution in [0.3, 0.4) is 0 Å². The van der Waals surface area contributed by atoms with E-state index < -0.39 is 0 Å². The first-order valence-corrected chi connectivity index (χ1v) is 8.10. The number of para-hydroxylation sites is 1. The highest BCUT2D eigenvalue weighted by molar-refractivity contribution is 6.07. The van der Waals surface area contributed by atoms with E-state index in [1.165, 1.54) is 0 Å². The van der Waals surface area contributed by atoms with Crippen molar-refractivity contribution in [2.75, 3.05) is 25.0 Å². The number of nitrogens with one attached hydrogen (secondary N) is 2. The van der Waals surface area contributed by atoms with E-state index in [0.717, 1.165) is 25.2 Å². The van der Waals surface area contributed by atoms with Gasteiger partial charge in [-0.1, -0.05) is 24.3 Å². The van der Waals surface area contributed by atoms with Crippen LogP contribution in [0.15, 0.2) is 54.6 Å². The zero-order chi connectivity index (χ0) is 16.9. The summed E-state index contributed by atoms with van der Waals surface area (Å²) in [7, 11) is 1.73. The molecule has 1 aliphatic heterocycles. The van der Waals surface area contributed by atoms with Crippen LogP contribution in [0.4, 0.5) is 5.69 Å². The Hall–Kier alpha value is -2.37. The van der Waals surface area contributed by atoms with Gasteiger partial charge >= 0.3 is 0 Å². The van der Waals surface area contributed by atoms with Gasteiger partial charge in [0.25, 0.3) is 11.8 Å². The second kappa shape index (κ2) is 8.65. The van der Waals surface area contributed by atoms with Gasteiger partial charge in [0, 0.05) is 36.4 Å². The number of anilines is 1. The molecule has 1 heterocycles. The van der Waals surface area contributed by atoms with Crippen molar-refractivity contribution in [1.29, 1.82) is 0 Å². The summed E-state index contributed by atoms with van der Waals surface area (Å²) in [4.78, 5) is 26.6. The second-order valence-electron chi connectivity index (χ2n) is 5.94. The first-order chi connectivity index (χ1) is 11.6. The fraction of sp³-hybridized carbons (Fsp3) is 0.263. The number of amides is 2. The quantitative estimate of drug-likeness (QED) is 0.881. The number of hydrogen-bond acceptors (Lipinski definition) is 3. The summed E-state index contributed by atoms with van der Waals surface area (Å²) in [5, 5.41) is 6.21. The molecule has 1 unspecified atom stereocenters. The average molecular weight is 360 g/mol. The van der Waals surface area contributed by atoms with Crippen molar-refractivity contribution < 1.29 is 9.59 Å². The maximum atomic E-state index is 12.6. The number of rotatable bonds is 4. The standard InChI is InChI=1S/C19H21N3O2.ClH/c1-22(17-8-3-2-4-9-17)19(24)15-7-5-6-14(12-15)18(23)21-16-10-11-20-13-16;/h2-9,12,16,20H,10-11,13H2,1H3,(H,21,23);1H. The monoisotopic (exact) mass is 359 g/mol. The zero-order valence-electron chi connectivity index (χ0n) is 14.1. The minimum Gasteiger partial charge on any atom is -0.348 e. The van der Waals surface area contributed by atoms with Crippen molar-refractivity contribution >= 4 is 29.9 Å². The van der Waals surface area contributed by atoms with Gasteiger partial charge in [-0.3, -0.25) is 9.59 Å². The maximum Gasteiger partial charge on any atom is 0.258 e. The number of carbonyl (C=O) groups excluding carboxylic acids is 2. The molecule has 3 rings (SSSR count). The predicted octanol–water partition coefficient (Wildman–Crippen LogP) is 2.48. The van der Waals surface area contributed by atoms with Crippen LogP contribution in [0.5, 0.6) is 0 Å². The van der Waals surface area contributed by atoms with Crippen molar-refractivity contribution in [1.82, 2.24) is 10.6 Å². The van der Waals surface area contributed by atoms with Gasteiger partial charge in [-0.05, 0) is 43.3 Å². The molecule has 1 saturated heterocycles. The van der Waals surface area contributed by atoms with E-state index in [2.05, 4.69) is 10.6 Å². The van der Waals surface area contributed by atoms with Crippen LogP contribution in [0.2, 0.25) is 0 Å². The predicted molar refractivity (Wildman–Crippen MR) is 102 cm³/mol. The Bertz CT molecular complexity index is 730. The summed E-state index contributed by atoms with van der Waals surface area (Å²) in [5.74, 6) is -0.279. The molecule has 2 N–H and O–H groups in total. The molecular formula is C19H22ClN3O2. The van der Waals surface area contributed by atoms with Gasteiger partial charge < -0.3 is 15.5 Å². The summed E-state index contributed by atoms with van der Waals surface area (Å²) in [6, 6.07) is 16.5. The largest absolute Gasteiger partial charge is 0.348 e. The fourth-order valence-electron chi connectivity index (χ4n) is 2.80. The lowest BCUT2D eigenvalue weighted by molar-refractivity contribution is 0.0940. The van der Waals surface area contributed by atoms with Gasteiger partial charge in [-0.25, -0.2) is 0 Å². The molecule has 2 aromatic carbocycles. The first kappa shape index (κ1) is 19.0. The zero-order valence-corrected chi connectivity index (χ0v) is 14.9. The van der Waals surface area contributed by atoms with E-state index in [0.29, 0.717) is 11.1 Å². The van der Waals surface area contributed by atoms with Crippen molar-refractivity contribution in [2.24, 2.45) is 0 Å². The van der Waals surface area contributed by atoms with Crippen LogP contribution in [0.1, 0.15) is 27.1 Å². The van der Waals surface area contributed by atoms with Crippen molar-refractivity contribution in [3.8, 4) is 0 Å². The van der Waals surface area contributed by atoms with Gasteiger partial charge in [-0.15, -0.1) is 12.4 Å². The minimum atomic E-state index is -0.140. The van der Waals surface area contributed by atoms with Crippen LogP contribution in [-0.4, -0.2) is 38.0 Å². The average Bonchev–Trinajstić information content (AvgIpc) is 3.14. The van der Waals surface area contributed by atoms with Crippen molar-refractivity contribution in [3.05, 3.63) is 65.7 Å². The van der Waals surface area contributed by atoms with Gasteiger partial charge in [0.2, 0.25) is 0 Å². The lowest BCUT2D eigenvalue weighted by atomic mass is 10.1. The minimum absolute atomic E-state index is 0. The van der Waals surface area contributed by atoms with E-state index in [1.54, 1.807) is 36.2 Å². The Kier molecular flexibility index (Phi) is 6.56. The summed E-state index contributed by atoms with van der Waals surface area (Å²) in [5.41, 5.74) is 1.82. The summed E-state index contributed by atoms with van der Waals surface area (Å²) >= 11 is 0. The maximum absolute atomic E-state index is 12.6. The Balaban J connectivity index is 0.00000225. The molecule has 1 aliphatic rings. The smallest absolute Gasteiger partial charge is 0.258 e. The molecule has 2 amide bonds. The highest BCUT2D eigenvalue weighted by Crippen LogP contribution is 2.16. The molecule has 0 radical (unpaired) electrons. The van der Waals surface area contributed by atoms with Crippen LogP contribution < -0.4 is 15.5 Å². The van der Waals surface area contributed by atoms with Crippen molar-refractivity contribution in [3.63, 3.8) is 0 Å². The lowest BCUT2D eigenvalue weighted by Crippen LogP contribution is -2.36. The highest BCUT2D eigenvalue weighted by atomic mass is 35.5. The molecule has 25 heavy (non-hydrogen) atoms. The van der Waals surface area contributed by atoms with Crippen molar-refractivity contribution in [2.45, 2.75) is 12.5 Å². The van der Waals surface area contributed by atoms with E-state index >= 15 is 0 Å². The first-order valence-electron chi connectivity index (χ1n) is 8.10. The number of nitrogens with zero attached hydrogens (tertiary/aromatic N) is 1. The number of carbonyl (C=O) groups is 2. The van der Waals surface area contributed by atoms with Crippen LogP contribution >= 0.6 is 12.4 Å². The molecule has 0 bridgehead atoms. The molecule has 1 fully saturated rings. The molecule has 0 aromatic heterocycles. The molecule has 1 atom stereocenters. The fourth-order valence-corrected chi connectivity index (χ4v) is 2.80. The van der Waals surface area contributed by atoms with Crippen LogP contribution in [0, 0.1) is 0 Å². The molecule has 2 aromatic rings. The van der Waals surface area contributed by atoms with E-state index in [1.807, 2.05) is 30.3 Å². The summed E-state index contributed by atoms with van der Waals surface area (Å²) < 4.78 is 0. The van der Waals surface area contributed by atoms with E-state index in [9.17, 15) is 9.59 Å². The highest BCUT2D eigenvalue weighted by Gasteiger charge is 2.19. The van der Waals surface area contributed by atoms with E-state index in [-0.39, 0.29) is 30.3 Å². The molecule has 0 aliphatic carbocycles. The molecular weight excluding hydrogens is 338 g/mol. The lowest BCUT2D eigenvalue weighted by Gasteiger charge is -2.18. The molecule has 5 nitrogen and oxygen atoms in total. The number of benzene rings is 2. The Morgan fingerprint density at radius 2 is 1.80 bits per heavy atom. The number of halogens is 1. The van der Waals surface area contributed by atoms with Gasteiger partial charge in [0.1, 0.15) is 0 Å². The summed E-state index contributed by atoms with van der Waals surface area (Å²) in [6.45, 7) is 1.71. The Morgan fingerprint density at radius 3 is 2.48 bits per heavy atom. The molecule has 132 valence electrons. The molecule has 6 heteroatoms. The normalized spacial score (nSPS) is 16.0. The second-order valence-corrected chi connectivity index (χ2v) is 5.94. The Morgan fingerprint density at radius 1 is 1.08 bits per heavy atom. The molecule has 0 spiro atoms. The molecule has 0 saturated carbocycles.